The highest BCUT2D eigenvalue weighted by Gasteiger charge is 2.42. The van der Waals surface area contributed by atoms with Crippen molar-refractivity contribution in [1.29, 1.82) is 0 Å². The van der Waals surface area contributed by atoms with Crippen molar-refractivity contribution in [1.82, 2.24) is 0 Å². The molecule has 0 aliphatic heterocycles. The summed E-state index contributed by atoms with van der Waals surface area (Å²) in [4.78, 5) is 32.2. The molecule has 0 spiro atoms. The van der Waals surface area contributed by atoms with Gasteiger partial charge in [0.25, 0.3) is 0 Å². The summed E-state index contributed by atoms with van der Waals surface area (Å²) in [7, 11) is 0. The summed E-state index contributed by atoms with van der Waals surface area (Å²) in [6.07, 6.45) is 0.999. The Kier molecular flexibility index (Phi) is 3.65. The zero-order chi connectivity index (χ0) is 11.4. The molecule has 0 aromatic carbocycles. The maximum atomic E-state index is 11.2. The summed E-state index contributed by atoms with van der Waals surface area (Å²) in [5.41, 5.74) is 0. The molecule has 1 aliphatic carbocycles. The van der Waals surface area contributed by atoms with Gasteiger partial charge in [0.15, 0.2) is 0 Å². The van der Waals surface area contributed by atoms with Crippen LogP contribution in [0.1, 0.15) is 19.8 Å². The second kappa shape index (κ2) is 4.77. The van der Waals surface area contributed by atoms with Crippen LogP contribution in [-0.4, -0.2) is 29.8 Å². The number of carboxylic acids is 1. The minimum atomic E-state index is -0.990. The van der Waals surface area contributed by atoms with Gasteiger partial charge in [0.1, 0.15) is 0 Å². The summed E-state index contributed by atoms with van der Waals surface area (Å²) in [5, 5.41) is 8.67. The molecule has 6 nitrogen and oxygen atoms in total. The van der Waals surface area contributed by atoms with Crippen molar-refractivity contribution in [2.75, 3.05) is 6.79 Å². The second-order valence-corrected chi connectivity index (χ2v) is 3.35. The van der Waals surface area contributed by atoms with E-state index < -0.39 is 36.5 Å². The molecule has 0 heterocycles. The number of esters is 2. The average Bonchev–Trinajstić information content (AvgIpc) is 1.99. The highest BCUT2D eigenvalue weighted by Crippen LogP contribution is 2.35. The summed E-state index contributed by atoms with van der Waals surface area (Å²) >= 11 is 0. The summed E-state index contributed by atoms with van der Waals surface area (Å²) < 4.78 is 8.99. The quantitative estimate of drug-likeness (QED) is 0.531. The van der Waals surface area contributed by atoms with Crippen LogP contribution in [0.25, 0.3) is 0 Å². The fourth-order valence-corrected chi connectivity index (χ4v) is 1.36. The Morgan fingerprint density at radius 2 is 1.80 bits per heavy atom. The van der Waals surface area contributed by atoms with Crippen molar-refractivity contribution in [2.45, 2.75) is 19.8 Å². The fourth-order valence-electron chi connectivity index (χ4n) is 1.36. The van der Waals surface area contributed by atoms with Crippen molar-refractivity contribution in [2.24, 2.45) is 11.8 Å². The van der Waals surface area contributed by atoms with Crippen molar-refractivity contribution in [3.8, 4) is 0 Å². The number of rotatable bonds is 4. The minimum absolute atomic E-state index is 0.447. The molecule has 6 heteroatoms. The Bertz CT molecular complexity index is 284. The fraction of sp³-hybridized carbons (Fsp3) is 0.667. The van der Waals surface area contributed by atoms with E-state index in [2.05, 4.69) is 9.47 Å². The molecule has 1 fully saturated rings. The lowest BCUT2D eigenvalue weighted by atomic mass is 9.74. The van der Waals surface area contributed by atoms with E-state index in [0.717, 1.165) is 0 Å². The molecule has 1 N–H and O–H groups in total. The normalized spacial score (nSPS) is 23.8. The van der Waals surface area contributed by atoms with Crippen molar-refractivity contribution in [3.05, 3.63) is 0 Å². The average molecular weight is 216 g/mol. The lowest BCUT2D eigenvalue weighted by Gasteiger charge is -2.30. The minimum Gasteiger partial charge on any atom is -0.481 e. The molecule has 2 atom stereocenters. The molecule has 84 valence electrons. The van der Waals surface area contributed by atoms with E-state index in [-0.39, 0.29) is 0 Å². The van der Waals surface area contributed by atoms with Gasteiger partial charge in [0.05, 0.1) is 11.8 Å². The molecule has 0 aromatic heterocycles. The number of ether oxygens (including phenoxy) is 2. The largest absolute Gasteiger partial charge is 0.481 e. The smallest absolute Gasteiger partial charge is 0.312 e. The Hall–Kier alpha value is -1.59. The highest BCUT2D eigenvalue weighted by atomic mass is 16.7. The van der Waals surface area contributed by atoms with Crippen molar-refractivity contribution < 1.29 is 29.0 Å². The zero-order valence-corrected chi connectivity index (χ0v) is 8.26. The molecule has 1 aliphatic rings. The highest BCUT2D eigenvalue weighted by molar-refractivity contribution is 5.82. The molecule has 0 aromatic rings. The molecule has 1 saturated carbocycles. The molecule has 0 saturated heterocycles. The predicted molar refractivity (Wildman–Crippen MR) is 46.6 cm³/mol. The lowest BCUT2D eigenvalue weighted by Crippen LogP contribution is -2.39. The Labute approximate surface area is 86.2 Å². The van der Waals surface area contributed by atoms with Crippen molar-refractivity contribution in [3.63, 3.8) is 0 Å². The number of hydrogen-bond donors (Lipinski definition) is 1. The van der Waals surface area contributed by atoms with E-state index in [1.807, 2.05) is 0 Å². The number of carbonyl (C=O) groups excluding carboxylic acids is 2. The van der Waals surface area contributed by atoms with Crippen molar-refractivity contribution >= 4 is 17.9 Å². The summed E-state index contributed by atoms with van der Waals surface area (Å²) in [6, 6.07) is 0. The predicted octanol–water partition coefficient (Wildman–Crippen LogP) is 0.161. The van der Waals surface area contributed by atoms with Gasteiger partial charge in [0.2, 0.25) is 6.79 Å². The van der Waals surface area contributed by atoms with Crippen LogP contribution in [0.5, 0.6) is 0 Å². The number of carboxylic acid groups (broad SMARTS) is 1. The Morgan fingerprint density at radius 1 is 1.20 bits per heavy atom. The van der Waals surface area contributed by atoms with Gasteiger partial charge in [-0.05, 0) is 12.8 Å². The second-order valence-electron chi connectivity index (χ2n) is 3.35. The van der Waals surface area contributed by atoms with Gasteiger partial charge >= 0.3 is 17.9 Å². The van der Waals surface area contributed by atoms with Crippen LogP contribution in [0.3, 0.4) is 0 Å². The van der Waals surface area contributed by atoms with E-state index >= 15 is 0 Å². The molecule has 15 heavy (non-hydrogen) atoms. The first-order chi connectivity index (χ1) is 7.02. The Balaban J connectivity index is 2.29. The molecular weight excluding hydrogens is 204 g/mol. The number of carbonyl (C=O) groups is 3. The third-order valence-corrected chi connectivity index (χ3v) is 2.36. The Morgan fingerprint density at radius 3 is 2.20 bits per heavy atom. The SMILES string of the molecule is CC(=O)OCOC(=O)C1CCC1C(=O)O. The molecule has 2 unspecified atom stereocenters. The number of aliphatic carboxylic acids is 1. The maximum Gasteiger partial charge on any atom is 0.312 e. The summed E-state index contributed by atoms with van der Waals surface area (Å²) in [6.45, 7) is 0.744. The molecule has 1 rings (SSSR count). The lowest BCUT2D eigenvalue weighted by molar-refractivity contribution is -0.177. The van der Waals surface area contributed by atoms with Crippen LogP contribution >= 0.6 is 0 Å². The van der Waals surface area contributed by atoms with Crippen LogP contribution in [0.15, 0.2) is 0 Å². The number of hydrogen-bond acceptors (Lipinski definition) is 5. The van der Waals surface area contributed by atoms with Gasteiger partial charge in [-0.25, -0.2) is 0 Å². The zero-order valence-electron chi connectivity index (χ0n) is 8.26. The van der Waals surface area contributed by atoms with Gasteiger partial charge in [-0.15, -0.1) is 0 Å². The van der Waals surface area contributed by atoms with E-state index in [1.165, 1.54) is 6.92 Å². The maximum absolute atomic E-state index is 11.2. The molecule has 0 radical (unpaired) electrons. The monoisotopic (exact) mass is 216 g/mol. The van der Waals surface area contributed by atoms with E-state index in [1.54, 1.807) is 0 Å². The van der Waals surface area contributed by atoms with Crippen LogP contribution in [0.2, 0.25) is 0 Å². The van der Waals surface area contributed by atoms with Crippen LogP contribution < -0.4 is 0 Å². The third kappa shape index (κ3) is 2.93. The summed E-state index contributed by atoms with van der Waals surface area (Å²) in [5.74, 6) is -3.41. The topological polar surface area (TPSA) is 89.9 Å². The first kappa shape index (κ1) is 11.5. The molecular formula is C9H12O6. The van der Waals surface area contributed by atoms with Gasteiger partial charge in [0, 0.05) is 6.92 Å². The van der Waals surface area contributed by atoms with Crippen LogP contribution in [-0.2, 0) is 23.9 Å². The van der Waals surface area contributed by atoms with Gasteiger partial charge in [-0.2, -0.15) is 0 Å². The first-order valence-electron chi connectivity index (χ1n) is 4.55. The van der Waals surface area contributed by atoms with E-state index in [4.69, 9.17) is 5.11 Å². The van der Waals surface area contributed by atoms with E-state index in [0.29, 0.717) is 12.8 Å². The van der Waals surface area contributed by atoms with Crippen LogP contribution in [0.4, 0.5) is 0 Å². The van der Waals surface area contributed by atoms with Crippen LogP contribution in [0, 0.1) is 11.8 Å². The third-order valence-electron chi connectivity index (χ3n) is 2.36. The standard InChI is InChI=1S/C9H12O6/c1-5(10)14-4-15-9(13)7-3-2-6(7)8(11)12/h6-7H,2-4H2,1H3,(H,11,12). The van der Waals surface area contributed by atoms with Gasteiger partial charge in [-0.3, -0.25) is 14.4 Å². The molecule has 0 amide bonds. The first-order valence-corrected chi connectivity index (χ1v) is 4.55. The molecule has 0 bridgehead atoms. The van der Waals surface area contributed by atoms with Gasteiger partial charge in [-0.1, -0.05) is 0 Å². The van der Waals surface area contributed by atoms with Gasteiger partial charge < -0.3 is 14.6 Å². The van der Waals surface area contributed by atoms with E-state index in [9.17, 15) is 14.4 Å².